The van der Waals surface area contributed by atoms with Crippen LogP contribution in [-0.4, -0.2) is 20.7 Å². The van der Waals surface area contributed by atoms with E-state index in [1.54, 1.807) is 24.3 Å². The third kappa shape index (κ3) is 8.52. The second-order valence-corrected chi connectivity index (χ2v) is 10.9. The second kappa shape index (κ2) is 13.8. The summed E-state index contributed by atoms with van der Waals surface area (Å²) in [7, 11) is -3.79. The molecule has 0 bridgehead atoms. The first kappa shape index (κ1) is 27.5. The van der Waals surface area contributed by atoms with Crippen molar-refractivity contribution in [3.05, 3.63) is 95.1 Å². The number of nitrogens with zero attached hydrogens (tertiary/aromatic N) is 1. The predicted molar refractivity (Wildman–Crippen MR) is 148 cm³/mol. The van der Waals surface area contributed by atoms with Gasteiger partial charge in [0, 0.05) is 11.1 Å². The van der Waals surface area contributed by atoms with Crippen LogP contribution in [-0.2, 0) is 10.0 Å². The smallest absolute Gasteiger partial charge is 0.276 e. The van der Waals surface area contributed by atoms with Crippen molar-refractivity contribution in [2.24, 2.45) is 5.10 Å². The summed E-state index contributed by atoms with van der Waals surface area (Å²) in [6.45, 7) is 6.86. The van der Waals surface area contributed by atoms with Gasteiger partial charge in [-0.1, -0.05) is 93.0 Å². The Hall–Kier alpha value is -3.12. The number of sulfonamides is 1. The minimum Gasteiger partial charge on any atom is -0.494 e. The van der Waals surface area contributed by atoms with Gasteiger partial charge in [0.05, 0.1) is 17.2 Å². The van der Waals surface area contributed by atoms with Gasteiger partial charge in [0.2, 0.25) is 0 Å². The highest BCUT2D eigenvalue weighted by Crippen LogP contribution is 2.18. The van der Waals surface area contributed by atoms with E-state index in [9.17, 15) is 8.42 Å². The first-order chi connectivity index (χ1) is 17.4. The average molecular weight is 507 g/mol. The normalized spacial score (nSPS) is 11.9. The van der Waals surface area contributed by atoms with Gasteiger partial charge in [-0.15, -0.1) is 0 Å². The molecule has 6 heteroatoms. The highest BCUT2D eigenvalue weighted by Gasteiger charge is 2.15. The molecule has 0 atom stereocenters. The number of unbranched alkanes of at least 4 members (excludes halogenated alkanes) is 6. The van der Waals surface area contributed by atoms with Gasteiger partial charge in [-0.25, -0.2) is 0 Å². The molecule has 0 saturated carbocycles. The van der Waals surface area contributed by atoms with Crippen LogP contribution in [0.1, 0.15) is 74.1 Å². The third-order valence-corrected chi connectivity index (χ3v) is 7.30. The van der Waals surface area contributed by atoms with Crippen LogP contribution < -0.4 is 9.57 Å². The Morgan fingerprint density at radius 2 is 1.22 bits per heavy atom. The van der Waals surface area contributed by atoms with Crippen LogP contribution in [0.2, 0.25) is 0 Å². The fourth-order valence-corrected chi connectivity index (χ4v) is 4.65. The lowest BCUT2D eigenvalue weighted by Crippen LogP contribution is -2.21. The molecule has 0 fully saturated rings. The molecule has 0 aliphatic carbocycles. The molecule has 0 aliphatic rings. The van der Waals surface area contributed by atoms with E-state index in [4.69, 9.17) is 4.74 Å². The van der Waals surface area contributed by atoms with E-state index >= 15 is 0 Å². The first-order valence-electron chi connectivity index (χ1n) is 12.9. The zero-order valence-electron chi connectivity index (χ0n) is 21.7. The lowest BCUT2D eigenvalue weighted by Gasteiger charge is -2.11. The van der Waals surface area contributed by atoms with Gasteiger partial charge in [-0.05, 0) is 56.7 Å². The van der Waals surface area contributed by atoms with E-state index < -0.39 is 10.0 Å². The summed E-state index contributed by atoms with van der Waals surface area (Å²) in [4.78, 5) is 2.59. The van der Waals surface area contributed by atoms with E-state index in [0.29, 0.717) is 12.3 Å². The molecule has 36 heavy (non-hydrogen) atoms. The monoisotopic (exact) mass is 506 g/mol. The molecule has 3 rings (SSSR count). The molecule has 1 N–H and O–H groups in total. The molecule has 0 heterocycles. The summed E-state index contributed by atoms with van der Waals surface area (Å²) >= 11 is 0. The zero-order valence-corrected chi connectivity index (χ0v) is 22.5. The highest BCUT2D eigenvalue weighted by molar-refractivity contribution is 7.89. The third-order valence-electron chi connectivity index (χ3n) is 6.08. The lowest BCUT2D eigenvalue weighted by molar-refractivity contribution is 0.304. The van der Waals surface area contributed by atoms with Crippen LogP contribution in [0.15, 0.2) is 82.8 Å². The molecule has 0 saturated heterocycles. The van der Waals surface area contributed by atoms with Crippen LogP contribution in [0.3, 0.4) is 0 Å². The van der Waals surface area contributed by atoms with E-state index in [1.165, 1.54) is 38.5 Å². The molecule has 0 aliphatic heterocycles. The number of benzene rings is 3. The van der Waals surface area contributed by atoms with Crippen LogP contribution in [0, 0.1) is 13.8 Å². The SMILES string of the molecule is CCCCCCCCCOc1ccc(C(=NNS(=O)(=O)c2ccc(C)cc2)c2ccc(C)cc2)cc1. The fraction of sp³-hybridized carbons (Fsp3) is 0.367. The van der Waals surface area contributed by atoms with Gasteiger partial charge in [0.1, 0.15) is 5.75 Å². The number of nitrogens with one attached hydrogen (secondary N) is 1. The summed E-state index contributed by atoms with van der Waals surface area (Å²) in [6.07, 6.45) is 8.72. The first-order valence-corrected chi connectivity index (χ1v) is 14.3. The molecule has 5 nitrogen and oxygen atoms in total. The number of hydrazone groups is 1. The summed E-state index contributed by atoms with van der Waals surface area (Å²) in [6, 6.07) is 22.2. The summed E-state index contributed by atoms with van der Waals surface area (Å²) in [5.41, 5.74) is 4.28. The standard InChI is InChI=1S/C30H38N2O3S/c1-4-5-6-7-8-9-10-23-35-28-19-17-27(18-20-28)30(26-15-11-24(2)12-16-26)31-32-36(33,34)29-21-13-25(3)14-22-29/h11-22,32H,4-10,23H2,1-3H3. The van der Waals surface area contributed by atoms with E-state index in [-0.39, 0.29) is 4.90 Å². The van der Waals surface area contributed by atoms with Gasteiger partial charge in [0.15, 0.2) is 0 Å². The van der Waals surface area contributed by atoms with Crippen molar-refractivity contribution in [1.82, 2.24) is 4.83 Å². The van der Waals surface area contributed by atoms with Crippen LogP contribution >= 0.6 is 0 Å². The Morgan fingerprint density at radius 3 is 1.81 bits per heavy atom. The molecule has 192 valence electrons. The van der Waals surface area contributed by atoms with Crippen LogP contribution in [0.4, 0.5) is 0 Å². The van der Waals surface area contributed by atoms with Gasteiger partial charge in [0.25, 0.3) is 10.0 Å². The Labute approximate surface area is 216 Å². The highest BCUT2D eigenvalue weighted by atomic mass is 32.2. The molecule has 3 aromatic rings. The maximum atomic E-state index is 12.8. The quantitative estimate of drug-likeness (QED) is 0.143. The van der Waals surface area contributed by atoms with Crippen molar-refractivity contribution in [2.45, 2.75) is 70.6 Å². The van der Waals surface area contributed by atoms with Crippen LogP contribution in [0.25, 0.3) is 0 Å². The predicted octanol–water partition coefficient (Wildman–Crippen LogP) is 7.16. The molecule has 0 amide bonds. The number of aryl methyl sites for hydroxylation is 2. The number of rotatable bonds is 14. The van der Waals surface area contributed by atoms with Gasteiger partial charge >= 0.3 is 0 Å². The van der Waals surface area contributed by atoms with Gasteiger partial charge in [-0.3, -0.25) is 0 Å². The Bertz CT molecular complexity index is 1200. The Balaban J connectivity index is 1.69. The van der Waals surface area contributed by atoms with E-state index in [0.717, 1.165) is 34.4 Å². The topological polar surface area (TPSA) is 67.8 Å². The molecular weight excluding hydrogens is 468 g/mol. The van der Waals surface area contributed by atoms with Crippen molar-refractivity contribution < 1.29 is 13.2 Å². The molecule has 0 radical (unpaired) electrons. The maximum Gasteiger partial charge on any atom is 0.276 e. The van der Waals surface area contributed by atoms with E-state index in [2.05, 4.69) is 16.9 Å². The largest absolute Gasteiger partial charge is 0.494 e. The van der Waals surface area contributed by atoms with Crippen molar-refractivity contribution in [3.63, 3.8) is 0 Å². The minimum absolute atomic E-state index is 0.175. The van der Waals surface area contributed by atoms with E-state index in [1.807, 2.05) is 62.4 Å². The lowest BCUT2D eigenvalue weighted by atomic mass is 10.0. The second-order valence-electron chi connectivity index (χ2n) is 9.23. The van der Waals surface area contributed by atoms with Crippen molar-refractivity contribution >= 4 is 15.7 Å². The molecule has 0 aromatic heterocycles. The average Bonchev–Trinajstić information content (AvgIpc) is 2.88. The minimum atomic E-state index is -3.79. The number of hydrogen-bond donors (Lipinski definition) is 1. The van der Waals surface area contributed by atoms with Crippen molar-refractivity contribution in [1.29, 1.82) is 0 Å². The number of hydrogen-bond acceptors (Lipinski definition) is 4. The molecule has 0 unspecified atom stereocenters. The van der Waals surface area contributed by atoms with Crippen molar-refractivity contribution in [2.75, 3.05) is 6.61 Å². The zero-order chi connectivity index (χ0) is 25.8. The van der Waals surface area contributed by atoms with Crippen LogP contribution in [0.5, 0.6) is 5.75 Å². The Morgan fingerprint density at radius 1 is 0.722 bits per heavy atom. The summed E-state index contributed by atoms with van der Waals surface area (Å²) in [5, 5.41) is 4.35. The van der Waals surface area contributed by atoms with Gasteiger partial charge < -0.3 is 4.74 Å². The molecule has 0 spiro atoms. The fourth-order valence-electron chi connectivity index (χ4n) is 3.84. The molecule has 3 aromatic carbocycles. The summed E-state index contributed by atoms with van der Waals surface area (Å²) in [5.74, 6) is 0.799. The number of ether oxygens (including phenoxy) is 1. The summed E-state index contributed by atoms with van der Waals surface area (Å²) < 4.78 is 31.6. The van der Waals surface area contributed by atoms with Crippen molar-refractivity contribution in [3.8, 4) is 5.75 Å². The maximum absolute atomic E-state index is 12.8. The van der Waals surface area contributed by atoms with Gasteiger partial charge in [-0.2, -0.15) is 18.4 Å². The molecular formula is C30H38N2O3S. The Kier molecular flexibility index (Phi) is 10.6.